The van der Waals surface area contributed by atoms with Gasteiger partial charge in [-0.3, -0.25) is 13.9 Å². The molecule has 0 amide bonds. The summed E-state index contributed by atoms with van der Waals surface area (Å²) in [5.74, 6) is 0.0609. The third-order valence-corrected chi connectivity index (χ3v) is 7.26. The fraction of sp³-hybridized carbons (Fsp3) is 0.700. The molecule has 1 aliphatic rings. The molecule has 3 heterocycles. The van der Waals surface area contributed by atoms with E-state index < -0.39 is 50.0 Å². The average molecular weight is 500 g/mol. The number of nitrogens with two attached hydrogens (primary N) is 1. The molecule has 1 fully saturated rings. The van der Waals surface area contributed by atoms with E-state index in [1.807, 2.05) is 0 Å². The summed E-state index contributed by atoms with van der Waals surface area (Å²) in [6, 6.07) is -0.865. The second-order valence-corrected chi connectivity index (χ2v) is 11.3. The maximum atomic E-state index is 12.9. The van der Waals surface area contributed by atoms with Gasteiger partial charge in [0, 0.05) is 12.1 Å². The molecule has 2 aromatic rings. The summed E-state index contributed by atoms with van der Waals surface area (Å²) in [5, 5.41) is 23.8. The number of hydrogen-bond donors (Lipinski definition) is 4. The molecule has 3 rings (SSSR count). The lowest BCUT2D eigenvalue weighted by atomic mass is 9.81. The molecule has 190 valence electrons. The first kappa shape index (κ1) is 26.5. The molecule has 2 aromatic heterocycles. The Labute approximate surface area is 197 Å². The molecule has 14 heteroatoms. The Morgan fingerprint density at radius 1 is 1.41 bits per heavy atom. The SMILES string of the molecule is Cc1nc(N)c2ncn([C@@H]3O[C@H](COP(C)(=O)N[C@@H](C)C(=O)OC(C)C)[C@](C)(CO)C3O)c2n1. The standard InChI is InChI=1S/C20H33N6O7P/c1-10(2)32-19(29)11(3)25-34(6,30)31-7-13-20(5,8-27)15(28)18(33-13)26-9-22-14-16(21)23-12(4)24-17(14)26/h9-11,13,15,18,27-28H,7-8H2,1-6H3,(H,25,30)(H2,21,23,24)/t11-,13+,15?,18+,20-,34?/m0/s1. The average Bonchev–Trinajstić information content (AvgIpc) is 3.25. The lowest BCUT2D eigenvalue weighted by Crippen LogP contribution is -2.43. The largest absolute Gasteiger partial charge is 0.462 e. The summed E-state index contributed by atoms with van der Waals surface area (Å²) < 4.78 is 31.2. The molecule has 0 aromatic carbocycles. The Kier molecular flexibility index (Phi) is 7.66. The molecule has 13 nitrogen and oxygen atoms in total. The molecule has 1 saturated heterocycles. The van der Waals surface area contributed by atoms with Gasteiger partial charge in [0.05, 0.1) is 31.7 Å². The molecule has 2 unspecified atom stereocenters. The lowest BCUT2D eigenvalue weighted by Gasteiger charge is -2.31. The van der Waals surface area contributed by atoms with Crippen molar-refractivity contribution < 1.29 is 33.6 Å². The number of aromatic nitrogens is 4. The number of anilines is 1. The first-order valence-electron chi connectivity index (χ1n) is 10.9. The van der Waals surface area contributed by atoms with E-state index in [-0.39, 0.29) is 18.5 Å². The predicted octanol–water partition coefficient (Wildman–Crippen LogP) is 0.743. The maximum Gasteiger partial charge on any atom is 0.323 e. The third-order valence-electron chi connectivity index (χ3n) is 5.77. The molecule has 5 N–H and O–H groups in total. The highest BCUT2D eigenvalue weighted by atomic mass is 31.2. The van der Waals surface area contributed by atoms with E-state index in [4.69, 9.17) is 19.7 Å². The number of rotatable bonds is 9. The summed E-state index contributed by atoms with van der Waals surface area (Å²) >= 11 is 0. The minimum absolute atomic E-state index is 0.196. The highest BCUT2D eigenvalue weighted by molar-refractivity contribution is 7.56. The van der Waals surface area contributed by atoms with Crippen LogP contribution in [-0.2, 0) is 23.4 Å². The number of nitrogen functional groups attached to an aromatic ring is 1. The number of nitrogens with zero attached hydrogens (tertiary/aromatic N) is 4. The zero-order chi connectivity index (χ0) is 25.4. The zero-order valence-corrected chi connectivity index (χ0v) is 21.0. The normalized spacial score (nSPS) is 27.7. The molecule has 0 radical (unpaired) electrons. The van der Waals surface area contributed by atoms with Crippen LogP contribution in [0.2, 0.25) is 0 Å². The predicted molar refractivity (Wildman–Crippen MR) is 123 cm³/mol. The fourth-order valence-corrected chi connectivity index (χ4v) is 5.08. The number of fused-ring (bicyclic) bond motifs is 1. The Balaban J connectivity index is 1.77. The van der Waals surface area contributed by atoms with Crippen LogP contribution in [0, 0.1) is 12.3 Å². The van der Waals surface area contributed by atoms with Gasteiger partial charge < -0.3 is 29.9 Å². The lowest BCUT2D eigenvalue weighted by molar-refractivity contribution is -0.149. The van der Waals surface area contributed by atoms with Gasteiger partial charge in [0.25, 0.3) is 7.52 Å². The molecule has 0 spiro atoms. The fourth-order valence-electron chi connectivity index (χ4n) is 3.78. The van der Waals surface area contributed by atoms with Gasteiger partial charge >= 0.3 is 5.97 Å². The first-order chi connectivity index (χ1) is 15.8. The minimum Gasteiger partial charge on any atom is -0.462 e. The quantitative estimate of drug-likeness (QED) is 0.280. The summed E-state index contributed by atoms with van der Waals surface area (Å²) in [7, 11) is -3.47. The van der Waals surface area contributed by atoms with Gasteiger partial charge in [0.15, 0.2) is 17.7 Å². The monoisotopic (exact) mass is 500 g/mol. The minimum atomic E-state index is -3.47. The molecule has 1 aliphatic heterocycles. The Morgan fingerprint density at radius 2 is 2.09 bits per heavy atom. The number of aryl methyl sites for hydroxylation is 1. The summed E-state index contributed by atoms with van der Waals surface area (Å²) in [5.41, 5.74) is 5.51. The molecule has 0 bridgehead atoms. The van der Waals surface area contributed by atoms with Crippen molar-refractivity contribution >= 4 is 30.5 Å². The summed E-state index contributed by atoms with van der Waals surface area (Å²) in [4.78, 5) is 24.7. The van der Waals surface area contributed by atoms with Crippen LogP contribution in [0.3, 0.4) is 0 Å². The maximum absolute atomic E-state index is 12.9. The van der Waals surface area contributed by atoms with Crippen molar-refractivity contribution in [3.63, 3.8) is 0 Å². The van der Waals surface area contributed by atoms with E-state index in [0.29, 0.717) is 17.0 Å². The number of aliphatic hydroxyl groups excluding tert-OH is 2. The number of aliphatic hydroxyl groups is 2. The van der Waals surface area contributed by atoms with E-state index in [2.05, 4.69) is 20.0 Å². The van der Waals surface area contributed by atoms with Crippen molar-refractivity contribution in [1.82, 2.24) is 24.6 Å². The van der Waals surface area contributed by atoms with E-state index in [1.54, 1.807) is 27.7 Å². The first-order valence-corrected chi connectivity index (χ1v) is 13.0. The number of carbonyl (C=O) groups is 1. The second-order valence-electron chi connectivity index (χ2n) is 9.08. The molecular formula is C20H33N6O7P. The topological polar surface area (TPSA) is 184 Å². The van der Waals surface area contributed by atoms with Gasteiger partial charge in [0.2, 0.25) is 0 Å². The van der Waals surface area contributed by atoms with Gasteiger partial charge in [-0.15, -0.1) is 0 Å². The second kappa shape index (κ2) is 9.84. The number of imidazole rings is 1. The van der Waals surface area contributed by atoms with Crippen LogP contribution in [0.15, 0.2) is 6.33 Å². The van der Waals surface area contributed by atoms with Gasteiger partial charge in [0.1, 0.15) is 23.5 Å². The van der Waals surface area contributed by atoms with E-state index in [9.17, 15) is 19.6 Å². The Bertz CT molecular complexity index is 1090. The van der Waals surface area contributed by atoms with Crippen molar-refractivity contribution in [2.45, 2.75) is 65.2 Å². The Hall–Kier alpha value is -2.15. The van der Waals surface area contributed by atoms with E-state index in [1.165, 1.54) is 24.5 Å². The van der Waals surface area contributed by atoms with Crippen LogP contribution in [0.5, 0.6) is 0 Å². The van der Waals surface area contributed by atoms with Crippen molar-refractivity contribution in [3.05, 3.63) is 12.2 Å². The van der Waals surface area contributed by atoms with Crippen LogP contribution < -0.4 is 10.8 Å². The van der Waals surface area contributed by atoms with Crippen LogP contribution in [0.1, 0.15) is 39.7 Å². The molecule has 6 atom stereocenters. The third kappa shape index (κ3) is 5.24. The smallest absolute Gasteiger partial charge is 0.323 e. The van der Waals surface area contributed by atoms with E-state index >= 15 is 0 Å². The van der Waals surface area contributed by atoms with Gasteiger partial charge in [-0.1, -0.05) is 6.92 Å². The summed E-state index contributed by atoms with van der Waals surface area (Å²) in [6.45, 7) is 8.94. The van der Waals surface area contributed by atoms with Crippen molar-refractivity contribution in [2.75, 3.05) is 25.6 Å². The number of nitrogens with one attached hydrogen (secondary N) is 1. The number of esters is 1. The van der Waals surface area contributed by atoms with Crippen LogP contribution in [0.4, 0.5) is 5.82 Å². The van der Waals surface area contributed by atoms with Crippen LogP contribution in [0.25, 0.3) is 11.2 Å². The summed E-state index contributed by atoms with van der Waals surface area (Å²) in [6.07, 6.45) is -1.87. The highest BCUT2D eigenvalue weighted by Crippen LogP contribution is 2.47. The number of ether oxygens (including phenoxy) is 2. The molecule has 0 aliphatic carbocycles. The van der Waals surface area contributed by atoms with Gasteiger partial charge in [-0.25, -0.2) is 20.0 Å². The number of hydrogen-bond acceptors (Lipinski definition) is 11. The van der Waals surface area contributed by atoms with Gasteiger partial charge in [-0.05, 0) is 27.7 Å². The van der Waals surface area contributed by atoms with E-state index in [0.717, 1.165) is 0 Å². The number of carbonyl (C=O) groups excluding carboxylic acids is 1. The van der Waals surface area contributed by atoms with Crippen molar-refractivity contribution in [3.8, 4) is 0 Å². The highest BCUT2D eigenvalue weighted by Gasteiger charge is 2.54. The van der Waals surface area contributed by atoms with Crippen LogP contribution in [-0.4, -0.2) is 79.9 Å². The molecule has 0 saturated carbocycles. The Morgan fingerprint density at radius 3 is 2.71 bits per heavy atom. The van der Waals surface area contributed by atoms with Crippen LogP contribution >= 0.6 is 7.52 Å². The zero-order valence-electron chi connectivity index (χ0n) is 20.1. The van der Waals surface area contributed by atoms with Gasteiger partial charge in [-0.2, -0.15) is 0 Å². The molecular weight excluding hydrogens is 467 g/mol. The molecule has 34 heavy (non-hydrogen) atoms. The van der Waals surface area contributed by atoms with Crippen molar-refractivity contribution in [1.29, 1.82) is 0 Å². The van der Waals surface area contributed by atoms with Crippen molar-refractivity contribution in [2.24, 2.45) is 5.41 Å².